The quantitative estimate of drug-likeness (QED) is 0.726. The topological polar surface area (TPSA) is 69.6 Å². The predicted octanol–water partition coefficient (Wildman–Crippen LogP) is 1.52. The molecule has 0 amide bonds. The van der Waals surface area contributed by atoms with Crippen LogP contribution in [0.25, 0.3) is 11.2 Å². The SMILES string of the molecule is Nc1ncc2ncn(Cc3ccsc3)c2n1. The summed E-state index contributed by atoms with van der Waals surface area (Å²) >= 11 is 1.68. The maximum Gasteiger partial charge on any atom is 0.222 e. The Morgan fingerprint density at radius 2 is 2.31 bits per heavy atom. The summed E-state index contributed by atoms with van der Waals surface area (Å²) in [6, 6.07) is 2.08. The zero-order chi connectivity index (χ0) is 11.0. The van der Waals surface area contributed by atoms with Gasteiger partial charge in [0.05, 0.1) is 19.1 Å². The van der Waals surface area contributed by atoms with Crippen molar-refractivity contribution in [1.29, 1.82) is 0 Å². The Hall–Kier alpha value is -1.95. The smallest absolute Gasteiger partial charge is 0.222 e. The number of thiophene rings is 1. The third-order valence-corrected chi connectivity index (χ3v) is 3.04. The van der Waals surface area contributed by atoms with Gasteiger partial charge in [-0.2, -0.15) is 16.3 Å². The maximum absolute atomic E-state index is 5.56. The van der Waals surface area contributed by atoms with Crippen molar-refractivity contribution >= 4 is 28.4 Å². The van der Waals surface area contributed by atoms with Crippen molar-refractivity contribution in [3.8, 4) is 0 Å². The van der Waals surface area contributed by atoms with Crippen LogP contribution in [0.1, 0.15) is 5.56 Å². The summed E-state index contributed by atoms with van der Waals surface area (Å²) in [6.07, 6.45) is 3.40. The molecular formula is C10H9N5S. The van der Waals surface area contributed by atoms with Gasteiger partial charge >= 0.3 is 0 Å². The van der Waals surface area contributed by atoms with E-state index in [0.717, 1.165) is 17.7 Å². The molecular weight excluding hydrogens is 222 g/mol. The van der Waals surface area contributed by atoms with Crippen LogP contribution in [0.15, 0.2) is 29.4 Å². The highest BCUT2D eigenvalue weighted by molar-refractivity contribution is 7.07. The Labute approximate surface area is 95.6 Å². The van der Waals surface area contributed by atoms with Gasteiger partial charge in [-0.3, -0.25) is 0 Å². The van der Waals surface area contributed by atoms with Gasteiger partial charge in [-0.25, -0.2) is 9.97 Å². The molecule has 0 atom stereocenters. The van der Waals surface area contributed by atoms with E-state index < -0.39 is 0 Å². The summed E-state index contributed by atoms with van der Waals surface area (Å²) in [4.78, 5) is 12.3. The van der Waals surface area contributed by atoms with E-state index in [4.69, 9.17) is 5.73 Å². The summed E-state index contributed by atoms with van der Waals surface area (Å²) < 4.78 is 1.97. The molecule has 0 aromatic carbocycles. The highest BCUT2D eigenvalue weighted by Gasteiger charge is 2.05. The molecule has 3 heterocycles. The number of nitrogens with zero attached hydrogens (tertiary/aromatic N) is 4. The minimum Gasteiger partial charge on any atom is -0.368 e. The van der Waals surface area contributed by atoms with Crippen LogP contribution < -0.4 is 5.73 Å². The first-order chi connectivity index (χ1) is 7.83. The van der Waals surface area contributed by atoms with Crippen molar-refractivity contribution in [1.82, 2.24) is 19.5 Å². The molecule has 0 bridgehead atoms. The lowest BCUT2D eigenvalue weighted by Gasteiger charge is -2.01. The second-order valence-corrected chi connectivity index (χ2v) is 4.22. The van der Waals surface area contributed by atoms with Gasteiger partial charge < -0.3 is 10.3 Å². The lowest BCUT2D eigenvalue weighted by Crippen LogP contribution is -2.00. The van der Waals surface area contributed by atoms with Gasteiger partial charge in [0.2, 0.25) is 5.95 Å². The van der Waals surface area contributed by atoms with Gasteiger partial charge in [-0.05, 0) is 22.4 Å². The number of aromatic nitrogens is 4. The Balaban J connectivity index is 2.07. The third kappa shape index (κ3) is 1.53. The molecule has 6 heteroatoms. The van der Waals surface area contributed by atoms with E-state index in [2.05, 4.69) is 31.8 Å². The molecule has 0 aliphatic carbocycles. The highest BCUT2D eigenvalue weighted by atomic mass is 32.1. The fourth-order valence-electron chi connectivity index (χ4n) is 1.56. The fourth-order valence-corrected chi connectivity index (χ4v) is 2.22. The van der Waals surface area contributed by atoms with Crippen LogP contribution in [0.3, 0.4) is 0 Å². The van der Waals surface area contributed by atoms with Gasteiger partial charge in [0.15, 0.2) is 5.65 Å². The van der Waals surface area contributed by atoms with Crippen molar-refractivity contribution in [2.24, 2.45) is 0 Å². The van der Waals surface area contributed by atoms with Crippen LogP contribution in [-0.4, -0.2) is 19.5 Å². The van der Waals surface area contributed by atoms with Crippen molar-refractivity contribution in [2.75, 3.05) is 5.73 Å². The van der Waals surface area contributed by atoms with E-state index in [1.54, 1.807) is 23.9 Å². The number of fused-ring (bicyclic) bond motifs is 1. The molecule has 3 aromatic heterocycles. The van der Waals surface area contributed by atoms with E-state index >= 15 is 0 Å². The van der Waals surface area contributed by atoms with Gasteiger partial charge in [0.1, 0.15) is 5.52 Å². The lowest BCUT2D eigenvalue weighted by atomic mass is 10.3. The number of anilines is 1. The summed E-state index contributed by atoms with van der Waals surface area (Å²) in [5.41, 5.74) is 8.35. The molecule has 5 nitrogen and oxygen atoms in total. The van der Waals surface area contributed by atoms with Crippen LogP contribution in [0.5, 0.6) is 0 Å². The zero-order valence-corrected chi connectivity index (χ0v) is 9.18. The summed E-state index contributed by atoms with van der Waals surface area (Å²) in [5, 5.41) is 4.16. The van der Waals surface area contributed by atoms with Crippen LogP contribution >= 0.6 is 11.3 Å². The molecule has 16 heavy (non-hydrogen) atoms. The molecule has 0 saturated carbocycles. The van der Waals surface area contributed by atoms with Gasteiger partial charge in [0, 0.05) is 0 Å². The predicted molar refractivity (Wildman–Crippen MR) is 63.2 cm³/mol. The Kier molecular flexibility index (Phi) is 2.07. The van der Waals surface area contributed by atoms with Crippen molar-refractivity contribution in [3.05, 3.63) is 34.9 Å². The second kappa shape index (κ2) is 3.57. The molecule has 2 N–H and O–H groups in total. The molecule has 0 spiro atoms. The normalized spacial score (nSPS) is 11.0. The molecule has 3 rings (SSSR count). The summed E-state index contributed by atoms with van der Waals surface area (Å²) in [7, 11) is 0. The molecule has 3 aromatic rings. The zero-order valence-electron chi connectivity index (χ0n) is 8.37. The van der Waals surface area contributed by atoms with E-state index in [1.165, 1.54) is 5.56 Å². The lowest BCUT2D eigenvalue weighted by molar-refractivity contribution is 0.817. The molecule has 0 unspecified atom stereocenters. The average molecular weight is 231 g/mol. The molecule has 80 valence electrons. The van der Waals surface area contributed by atoms with Crippen molar-refractivity contribution < 1.29 is 0 Å². The Morgan fingerprint density at radius 3 is 3.12 bits per heavy atom. The van der Waals surface area contributed by atoms with Gasteiger partial charge in [0.25, 0.3) is 0 Å². The number of nitrogen functional groups attached to an aromatic ring is 1. The van der Waals surface area contributed by atoms with Crippen LogP contribution in [0, 0.1) is 0 Å². The number of hydrogen-bond donors (Lipinski definition) is 1. The average Bonchev–Trinajstić information content (AvgIpc) is 2.90. The van der Waals surface area contributed by atoms with Crippen LogP contribution in [-0.2, 0) is 6.54 Å². The van der Waals surface area contributed by atoms with Crippen LogP contribution in [0.4, 0.5) is 5.95 Å². The maximum atomic E-state index is 5.56. The molecule has 0 saturated heterocycles. The molecule has 0 radical (unpaired) electrons. The van der Waals surface area contributed by atoms with E-state index in [0.29, 0.717) is 0 Å². The first-order valence-electron chi connectivity index (χ1n) is 4.77. The monoisotopic (exact) mass is 231 g/mol. The van der Waals surface area contributed by atoms with E-state index in [1.807, 2.05) is 4.57 Å². The summed E-state index contributed by atoms with van der Waals surface area (Å²) in [5.74, 6) is 0.277. The minimum absolute atomic E-state index is 0.277. The van der Waals surface area contributed by atoms with Crippen molar-refractivity contribution in [3.63, 3.8) is 0 Å². The largest absolute Gasteiger partial charge is 0.368 e. The standard InChI is InChI=1S/C10H9N5S/c11-10-12-3-8-9(14-10)15(6-13-8)4-7-1-2-16-5-7/h1-3,5-6H,4H2,(H2,11,12,14). The fraction of sp³-hybridized carbons (Fsp3) is 0.100. The molecule has 0 aliphatic heterocycles. The first-order valence-corrected chi connectivity index (χ1v) is 5.71. The van der Waals surface area contributed by atoms with Crippen LogP contribution in [0.2, 0.25) is 0 Å². The number of imidazole rings is 1. The Bertz CT molecular complexity index is 613. The van der Waals surface area contributed by atoms with Gasteiger partial charge in [-0.1, -0.05) is 0 Å². The van der Waals surface area contributed by atoms with Gasteiger partial charge in [-0.15, -0.1) is 0 Å². The first kappa shape index (κ1) is 9.29. The number of rotatable bonds is 2. The number of hydrogen-bond acceptors (Lipinski definition) is 5. The summed E-state index contributed by atoms with van der Waals surface area (Å²) in [6.45, 7) is 0.760. The third-order valence-electron chi connectivity index (χ3n) is 2.31. The number of nitrogens with two attached hydrogens (primary N) is 1. The van der Waals surface area contributed by atoms with E-state index in [-0.39, 0.29) is 5.95 Å². The van der Waals surface area contributed by atoms with Crippen molar-refractivity contribution in [2.45, 2.75) is 6.54 Å². The minimum atomic E-state index is 0.277. The van der Waals surface area contributed by atoms with E-state index in [9.17, 15) is 0 Å². The molecule has 0 fully saturated rings. The molecule has 0 aliphatic rings. The Morgan fingerprint density at radius 1 is 1.38 bits per heavy atom. The second-order valence-electron chi connectivity index (χ2n) is 3.44. The highest BCUT2D eigenvalue weighted by Crippen LogP contribution is 2.13.